The van der Waals surface area contributed by atoms with Crippen LogP contribution in [0.15, 0.2) is 18.2 Å². The third-order valence-electron chi connectivity index (χ3n) is 2.60. The normalized spacial score (nSPS) is 10.4. The molecule has 0 saturated carbocycles. The van der Waals surface area contributed by atoms with Gasteiger partial charge in [0.2, 0.25) is 0 Å². The summed E-state index contributed by atoms with van der Waals surface area (Å²) in [5.74, 6) is -0.851. The van der Waals surface area contributed by atoms with E-state index in [2.05, 4.69) is 29.5 Å². The lowest BCUT2D eigenvalue weighted by Crippen LogP contribution is -1.99. The van der Waals surface area contributed by atoms with Crippen molar-refractivity contribution >= 4 is 28.6 Å². The van der Waals surface area contributed by atoms with Gasteiger partial charge in [-0.1, -0.05) is 32.3 Å². The minimum atomic E-state index is -0.851. The van der Waals surface area contributed by atoms with E-state index in [1.165, 1.54) is 31.2 Å². The predicted molar refractivity (Wildman–Crippen MR) is 74.0 cm³/mol. The maximum atomic E-state index is 10.8. The van der Waals surface area contributed by atoms with Crippen molar-refractivity contribution in [2.75, 3.05) is 0 Å². The largest absolute Gasteiger partial charge is 0.478 e. The number of carboxylic acid groups (broad SMARTS) is 1. The summed E-state index contributed by atoms with van der Waals surface area (Å²) in [5, 5.41) is 8.84. The van der Waals surface area contributed by atoms with Gasteiger partial charge in [-0.05, 0) is 53.1 Å². The van der Waals surface area contributed by atoms with E-state index in [0.717, 1.165) is 9.99 Å². The molecule has 0 aromatic heterocycles. The molecule has 0 heterocycles. The molecule has 0 aliphatic carbocycles. The molecule has 0 unspecified atom stereocenters. The number of hydrogen-bond acceptors (Lipinski definition) is 1. The highest BCUT2D eigenvalue weighted by molar-refractivity contribution is 14.1. The van der Waals surface area contributed by atoms with E-state index in [9.17, 15) is 4.79 Å². The Balaban J connectivity index is 2.57. The Labute approximate surface area is 110 Å². The molecule has 3 heteroatoms. The van der Waals surface area contributed by atoms with Crippen molar-refractivity contribution in [1.82, 2.24) is 0 Å². The number of carboxylic acids is 1. The summed E-state index contributed by atoms with van der Waals surface area (Å²) in [5.41, 5.74) is 1.64. The highest BCUT2D eigenvalue weighted by atomic mass is 127. The fraction of sp³-hybridized carbons (Fsp3) is 0.462. The molecule has 0 bridgehead atoms. The third kappa shape index (κ3) is 4.12. The van der Waals surface area contributed by atoms with Gasteiger partial charge in [-0.25, -0.2) is 4.79 Å². The molecule has 16 heavy (non-hydrogen) atoms. The molecule has 0 amide bonds. The second-order valence-corrected chi connectivity index (χ2v) is 5.08. The molecule has 1 aromatic carbocycles. The Hall–Kier alpha value is -0.580. The number of carbonyl (C=O) groups is 1. The van der Waals surface area contributed by atoms with E-state index in [1.54, 1.807) is 12.1 Å². The van der Waals surface area contributed by atoms with Gasteiger partial charge in [0.05, 0.1) is 5.56 Å². The van der Waals surface area contributed by atoms with Crippen LogP contribution in [0, 0.1) is 3.57 Å². The van der Waals surface area contributed by atoms with Crippen molar-refractivity contribution in [2.45, 2.75) is 39.0 Å². The number of unbranched alkanes of at least 4 members (excludes halogenated alkanes) is 3. The average Bonchev–Trinajstić information content (AvgIpc) is 2.26. The first kappa shape index (κ1) is 13.5. The van der Waals surface area contributed by atoms with Crippen molar-refractivity contribution in [2.24, 2.45) is 0 Å². The van der Waals surface area contributed by atoms with Gasteiger partial charge in [-0.15, -0.1) is 0 Å². The lowest BCUT2D eigenvalue weighted by Gasteiger charge is -2.05. The first-order valence-corrected chi connectivity index (χ1v) is 6.74. The number of aromatic carboxylic acids is 1. The summed E-state index contributed by atoms with van der Waals surface area (Å²) < 4.78 is 1.06. The van der Waals surface area contributed by atoms with E-state index in [1.807, 2.05) is 6.07 Å². The Morgan fingerprint density at radius 2 is 2.06 bits per heavy atom. The highest BCUT2D eigenvalue weighted by Crippen LogP contribution is 2.17. The SMILES string of the molecule is CCCCCCc1ccc(C(=O)O)cc1I. The number of aryl methyl sites for hydroxylation is 1. The second-order valence-electron chi connectivity index (χ2n) is 3.92. The lowest BCUT2D eigenvalue weighted by atomic mass is 10.0. The Morgan fingerprint density at radius 3 is 2.62 bits per heavy atom. The summed E-state index contributed by atoms with van der Waals surface area (Å²) in [6, 6.07) is 5.38. The standard InChI is InChI=1S/C13H17IO2/c1-2-3-4-5-6-10-7-8-11(13(15)16)9-12(10)14/h7-9H,2-6H2,1H3,(H,15,16). The van der Waals surface area contributed by atoms with Crippen LogP contribution >= 0.6 is 22.6 Å². The van der Waals surface area contributed by atoms with Crippen LogP contribution in [0.3, 0.4) is 0 Å². The van der Waals surface area contributed by atoms with Gasteiger partial charge >= 0.3 is 5.97 Å². The van der Waals surface area contributed by atoms with Crippen LogP contribution in [0.4, 0.5) is 0 Å². The highest BCUT2D eigenvalue weighted by Gasteiger charge is 2.06. The molecule has 0 fully saturated rings. The molecule has 0 aliphatic rings. The minimum absolute atomic E-state index is 0.377. The lowest BCUT2D eigenvalue weighted by molar-refractivity contribution is 0.0697. The summed E-state index contributed by atoms with van der Waals surface area (Å²) in [7, 11) is 0. The monoisotopic (exact) mass is 332 g/mol. The Kier molecular flexibility index (Phi) is 5.80. The molecule has 1 rings (SSSR count). The van der Waals surface area contributed by atoms with Gasteiger partial charge in [0.25, 0.3) is 0 Å². The van der Waals surface area contributed by atoms with Crippen LogP contribution in [-0.2, 0) is 6.42 Å². The van der Waals surface area contributed by atoms with Crippen molar-refractivity contribution in [3.63, 3.8) is 0 Å². The summed E-state index contributed by atoms with van der Waals surface area (Å²) in [6.07, 6.45) is 6.03. The molecule has 1 N–H and O–H groups in total. The summed E-state index contributed by atoms with van der Waals surface area (Å²) in [4.78, 5) is 10.8. The van der Waals surface area contributed by atoms with Gasteiger partial charge in [0.15, 0.2) is 0 Å². The van der Waals surface area contributed by atoms with Crippen molar-refractivity contribution in [1.29, 1.82) is 0 Å². The average molecular weight is 332 g/mol. The Morgan fingerprint density at radius 1 is 1.31 bits per heavy atom. The first-order valence-electron chi connectivity index (χ1n) is 5.67. The summed E-state index contributed by atoms with van der Waals surface area (Å²) in [6.45, 7) is 2.20. The zero-order valence-corrected chi connectivity index (χ0v) is 11.7. The van der Waals surface area contributed by atoms with Crippen LogP contribution in [0.5, 0.6) is 0 Å². The van der Waals surface area contributed by atoms with Gasteiger partial charge in [-0.3, -0.25) is 0 Å². The maximum absolute atomic E-state index is 10.8. The Bertz CT molecular complexity index is 361. The fourth-order valence-electron chi connectivity index (χ4n) is 1.63. The molecule has 1 aromatic rings. The summed E-state index contributed by atoms with van der Waals surface area (Å²) >= 11 is 2.22. The molecule has 0 radical (unpaired) electrons. The van der Waals surface area contributed by atoms with Gasteiger partial charge in [-0.2, -0.15) is 0 Å². The number of halogens is 1. The van der Waals surface area contributed by atoms with E-state index >= 15 is 0 Å². The van der Waals surface area contributed by atoms with Crippen LogP contribution in [0.1, 0.15) is 48.5 Å². The van der Waals surface area contributed by atoms with Gasteiger partial charge in [0.1, 0.15) is 0 Å². The third-order valence-corrected chi connectivity index (χ3v) is 3.60. The van der Waals surface area contributed by atoms with E-state index in [4.69, 9.17) is 5.11 Å². The van der Waals surface area contributed by atoms with Crippen LogP contribution in [0.2, 0.25) is 0 Å². The quantitative estimate of drug-likeness (QED) is 0.629. The van der Waals surface area contributed by atoms with Crippen molar-refractivity contribution in [3.8, 4) is 0 Å². The van der Waals surface area contributed by atoms with E-state index in [-0.39, 0.29) is 0 Å². The fourth-order valence-corrected chi connectivity index (χ4v) is 2.41. The van der Waals surface area contributed by atoms with Crippen molar-refractivity contribution in [3.05, 3.63) is 32.9 Å². The molecular weight excluding hydrogens is 315 g/mol. The smallest absolute Gasteiger partial charge is 0.335 e. The van der Waals surface area contributed by atoms with E-state index in [0.29, 0.717) is 5.56 Å². The van der Waals surface area contributed by atoms with E-state index < -0.39 is 5.97 Å². The van der Waals surface area contributed by atoms with Gasteiger partial charge in [0, 0.05) is 3.57 Å². The van der Waals surface area contributed by atoms with Crippen LogP contribution in [-0.4, -0.2) is 11.1 Å². The zero-order chi connectivity index (χ0) is 12.0. The molecular formula is C13H17IO2. The molecule has 2 nitrogen and oxygen atoms in total. The minimum Gasteiger partial charge on any atom is -0.478 e. The molecule has 0 aliphatic heterocycles. The molecule has 88 valence electrons. The zero-order valence-electron chi connectivity index (χ0n) is 9.50. The molecule has 0 spiro atoms. The number of hydrogen-bond donors (Lipinski definition) is 1. The van der Waals surface area contributed by atoms with Crippen LogP contribution < -0.4 is 0 Å². The number of benzene rings is 1. The topological polar surface area (TPSA) is 37.3 Å². The predicted octanol–water partition coefficient (Wildman–Crippen LogP) is 4.11. The number of rotatable bonds is 6. The van der Waals surface area contributed by atoms with Crippen molar-refractivity contribution < 1.29 is 9.90 Å². The molecule has 0 saturated heterocycles. The first-order chi connectivity index (χ1) is 7.65. The second kappa shape index (κ2) is 6.89. The van der Waals surface area contributed by atoms with Gasteiger partial charge < -0.3 is 5.11 Å². The maximum Gasteiger partial charge on any atom is 0.335 e. The molecule has 0 atom stereocenters. The van der Waals surface area contributed by atoms with Crippen LogP contribution in [0.25, 0.3) is 0 Å².